The van der Waals surface area contributed by atoms with Gasteiger partial charge in [-0.05, 0) is 43.3 Å². The van der Waals surface area contributed by atoms with Gasteiger partial charge in [0.15, 0.2) is 6.10 Å². The molecule has 0 aliphatic rings. The van der Waals surface area contributed by atoms with Crippen LogP contribution in [0.5, 0.6) is 5.75 Å². The highest BCUT2D eigenvalue weighted by Crippen LogP contribution is 2.27. The molecular formula is C15H11Cl3FNO2. The molecule has 2 rings (SSSR count). The van der Waals surface area contributed by atoms with Crippen molar-refractivity contribution in [1.82, 2.24) is 0 Å². The zero-order chi connectivity index (χ0) is 16.3. The number of hydrogen-bond acceptors (Lipinski definition) is 2. The summed E-state index contributed by atoms with van der Waals surface area (Å²) in [5, 5.41) is 3.48. The van der Waals surface area contributed by atoms with Crippen LogP contribution < -0.4 is 10.1 Å². The van der Waals surface area contributed by atoms with Gasteiger partial charge in [-0.3, -0.25) is 4.79 Å². The Hall–Kier alpha value is -1.49. The van der Waals surface area contributed by atoms with Crippen LogP contribution in [0.4, 0.5) is 10.1 Å². The second kappa shape index (κ2) is 7.18. The lowest BCUT2D eigenvalue weighted by molar-refractivity contribution is -0.122. The zero-order valence-electron chi connectivity index (χ0n) is 11.4. The summed E-state index contributed by atoms with van der Waals surface area (Å²) >= 11 is 17.7. The van der Waals surface area contributed by atoms with Crippen molar-refractivity contribution in [2.45, 2.75) is 13.0 Å². The number of nitrogens with one attached hydrogen (secondary N) is 1. The molecule has 0 aliphatic carbocycles. The molecule has 0 fully saturated rings. The minimum Gasteiger partial charge on any atom is -0.479 e. The van der Waals surface area contributed by atoms with E-state index in [2.05, 4.69) is 5.32 Å². The highest BCUT2D eigenvalue weighted by molar-refractivity contribution is 6.35. The minimum atomic E-state index is -0.863. The van der Waals surface area contributed by atoms with Crippen LogP contribution in [0.2, 0.25) is 15.1 Å². The van der Waals surface area contributed by atoms with Gasteiger partial charge in [-0.15, -0.1) is 0 Å². The van der Waals surface area contributed by atoms with Crippen LogP contribution in [0.15, 0.2) is 36.4 Å². The van der Waals surface area contributed by atoms with E-state index in [1.54, 1.807) is 12.1 Å². The van der Waals surface area contributed by atoms with Crippen LogP contribution in [-0.4, -0.2) is 12.0 Å². The minimum absolute atomic E-state index is 0.0837. The SMILES string of the molecule is CC(Oc1ccc(F)cc1Cl)C(=O)Nc1cc(Cl)ccc1Cl. The van der Waals surface area contributed by atoms with Gasteiger partial charge in [-0.25, -0.2) is 4.39 Å². The molecular weight excluding hydrogens is 352 g/mol. The average molecular weight is 363 g/mol. The highest BCUT2D eigenvalue weighted by atomic mass is 35.5. The van der Waals surface area contributed by atoms with E-state index in [-0.39, 0.29) is 10.8 Å². The largest absolute Gasteiger partial charge is 0.479 e. The number of rotatable bonds is 4. The third-order valence-electron chi connectivity index (χ3n) is 2.75. The Labute approximate surface area is 141 Å². The van der Waals surface area contributed by atoms with E-state index in [4.69, 9.17) is 39.5 Å². The van der Waals surface area contributed by atoms with Crippen LogP contribution in [0.3, 0.4) is 0 Å². The summed E-state index contributed by atoms with van der Waals surface area (Å²) in [4.78, 5) is 12.1. The number of carbonyl (C=O) groups is 1. The Morgan fingerprint density at radius 3 is 2.55 bits per heavy atom. The Balaban J connectivity index is 2.07. The maximum atomic E-state index is 13.0. The highest BCUT2D eigenvalue weighted by Gasteiger charge is 2.17. The van der Waals surface area contributed by atoms with Gasteiger partial charge < -0.3 is 10.1 Å². The van der Waals surface area contributed by atoms with E-state index in [1.807, 2.05) is 0 Å². The molecule has 0 saturated heterocycles. The van der Waals surface area contributed by atoms with E-state index >= 15 is 0 Å². The van der Waals surface area contributed by atoms with Gasteiger partial charge in [0.25, 0.3) is 5.91 Å². The number of amides is 1. The van der Waals surface area contributed by atoms with Gasteiger partial charge in [0.2, 0.25) is 0 Å². The number of ether oxygens (including phenoxy) is 1. The molecule has 0 radical (unpaired) electrons. The van der Waals surface area contributed by atoms with Crippen molar-refractivity contribution < 1.29 is 13.9 Å². The van der Waals surface area contributed by atoms with Crippen molar-refractivity contribution in [1.29, 1.82) is 0 Å². The maximum absolute atomic E-state index is 13.0. The Bertz CT molecular complexity index is 709. The van der Waals surface area contributed by atoms with Gasteiger partial charge in [0.05, 0.1) is 15.7 Å². The van der Waals surface area contributed by atoms with Crippen LogP contribution in [-0.2, 0) is 4.79 Å². The van der Waals surface area contributed by atoms with Crippen LogP contribution in [0.25, 0.3) is 0 Å². The standard InChI is InChI=1S/C15H11Cl3FNO2/c1-8(22-14-5-3-10(19)7-12(14)18)15(21)20-13-6-9(16)2-4-11(13)17/h2-8H,1H3,(H,20,21). The second-order valence-corrected chi connectivity index (χ2v) is 5.70. The Morgan fingerprint density at radius 2 is 1.86 bits per heavy atom. The van der Waals surface area contributed by atoms with Crippen LogP contribution in [0, 0.1) is 5.82 Å². The zero-order valence-corrected chi connectivity index (χ0v) is 13.6. The normalized spacial score (nSPS) is 11.9. The van der Waals surface area contributed by atoms with Gasteiger partial charge in [0.1, 0.15) is 11.6 Å². The van der Waals surface area contributed by atoms with Crippen LogP contribution in [0.1, 0.15) is 6.92 Å². The predicted molar refractivity (Wildman–Crippen MR) is 86.6 cm³/mol. The van der Waals surface area contributed by atoms with Gasteiger partial charge >= 0.3 is 0 Å². The summed E-state index contributed by atoms with van der Waals surface area (Å²) in [6.07, 6.45) is -0.863. The molecule has 116 valence electrons. The molecule has 2 aromatic rings. The van der Waals surface area contributed by atoms with Crippen molar-refractivity contribution in [3.8, 4) is 5.75 Å². The summed E-state index contributed by atoms with van der Waals surface area (Å²) in [7, 11) is 0. The van der Waals surface area contributed by atoms with Gasteiger partial charge in [0, 0.05) is 5.02 Å². The number of benzene rings is 2. The van der Waals surface area contributed by atoms with E-state index in [1.165, 1.54) is 25.1 Å². The van der Waals surface area contributed by atoms with Crippen molar-refractivity contribution in [2.24, 2.45) is 0 Å². The molecule has 7 heteroatoms. The van der Waals surface area contributed by atoms with E-state index in [0.717, 1.165) is 6.07 Å². The molecule has 0 bridgehead atoms. The van der Waals surface area contributed by atoms with Crippen molar-refractivity contribution in [2.75, 3.05) is 5.32 Å². The molecule has 0 spiro atoms. The quantitative estimate of drug-likeness (QED) is 0.812. The lowest BCUT2D eigenvalue weighted by atomic mass is 10.3. The summed E-state index contributed by atoms with van der Waals surface area (Å²) in [6.45, 7) is 1.54. The van der Waals surface area contributed by atoms with Crippen molar-refractivity contribution in [3.63, 3.8) is 0 Å². The molecule has 0 aliphatic heterocycles. The Morgan fingerprint density at radius 1 is 1.14 bits per heavy atom. The molecule has 22 heavy (non-hydrogen) atoms. The van der Waals surface area contributed by atoms with Gasteiger partial charge in [-0.1, -0.05) is 34.8 Å². The summed E-state index contributed by atoms with van der Waals surface area (Å²) in [5.74, 6) is -0.715. The molecule has 1 unspecified atom stereocenters. The molecule has 0 aromatic heterocycles. The first-order valence-electron chi connectivity index (χ1n) is 6.24. The van der Waals surface area contributed by atoms with E-state index < -0.39 is 17.8 Å². The van der Waals surface area contributed by atoms with E-state index in [9.17, 15) is 9.18 Å². The molecule has 3 nitrogen and oxygen atoms in total. The average Bonchev–Trinajstić information content (AvgIpc) is 2.45. The third-order valence-corrected chi connectivity index (χ3v) is 3.61. The Kier molecular flexibility index (Phi) is 5.51. The topological polar surface area (TPSA) is 38.3 Å². The number of hydrogen-bond donors (Lipinski definition) is 1. The van der Waals surface area contributed by atoms with Crippen molar-refractivity contribution in [3.05, 3.63) is 57.3 Å². The fraction of sp³-hybridized carbons (Fsp3) is 0.133. The van der Waals surface area contributed by atoms with Crippen molar-refractivity contribution >= 4 is 46.4 Å². The first-order chi connectivity index (χ1) is 10.4. The molecule has 0 saturated carbocycles. The smallest absolute Gasteiger partial charge is 0.265 e. The molecule has 0 heterocycles. The number of halogens is 4. The summed E-state index contributed by atoms with van der Waals surface area (Å²) in [6, 6.07) is 8.36. The first kappa shape index (κ1) is 16.9. The number of anilines is 1. The molecule has 1 amide bonds. The predicted octanol–water partition coefficient (Wildman–Crippen LogP) is 5.19. The fourth-order valence-corrected chi connectivity index (χ4v) is 2.19. The molecule has 1 atom stereocenters. The van der Waals surface area contributed by atoms with Gasteiger partial charge in [-0.2, -0.15) is 0 Å². The summed E-state index contributed by atoms with van der Waals surface area (Å²) < 4.78 is 18.4. The third kappa shape index (κ3) is 4.26. The van der Waals surface area contributed by atoms with Crippen LogP contribution >= 0.6 is 34.8 Å². The molecule has 1 N–H and O–H groups in total. The maximum Gasteiger partial charge on any atom is 0.265 e. The lowest BCUT2D eigenvalue weighted by Gasteiger charge is -2.16. The fourth-order valence-electron chi connectivity index (χ4n) is 1.64. The number of carbonyl (C=O) groups excluding carboxylic acids is 1. The first-order valence-corrected chi connectivity index (χ1v) is 7.38. The van der Waals surface area contributed by atoms with E-state index in [0.29, 0.717) is 15.7 Å². The molecule has 2 aromatic carbocycles. The lowest BCUT2D eigenvalue weighted by Crippen LogP contribution is -2.30. The summed E-state index contributed by atoms with van der Waals surface area (Å²) in [5.41, 5.74) is 0.375. The monoisotopic (exact) mass is 361 g/mol. The second-order valence-electron chi connectivity index (χ2n) is 4.45.